The lowest BCUT2D eigenvalue weighted by atomic mass is 10.1. The van der Waals surface area contributed by atoms with Crippen LogP contribution in [0.4, 0.5) is 0 Å². The van der Waals surface area contributed by atoms with Crippen molar-refractivity contribution in [1.29, 1.82) is 0 Å². The van der Waals surface area contributed by atoms with Crippen LogP contribution in [0.15, 0.2) is 53.4 Å². The molecule has 0 bridgehead atoms. The van der Waals surface area contributed by atoms with Gasteiger partial charge in [-0.2, -0.15) is 0 Å². The van der Waals surface area contributed by atoms with E-state index in [1.807, 2.05) is 30.3 Å². The first-order chi connectivity index (χ1) is 9.92. The molecule has 110 valence electrons. The third kappa shape index (κ3) is 3.49. The van der Waals surface area contributed by atoms with Gasteiger partial charge in [-0.05, 0) is 36.6 Å². The van der Waals surface area contributed by atoms with E-state index in [2.05, 4.69) is 0 Å². The van der Waals surface area contributed by atoms with Gasteiger partial charge in [0.05, 0.1) is 16.2 Å². The molecule has 0 amide bonds. The number of hydrogen-bond donors (Lipinski definition) is 1. The van der Waals surface area contributed by atoms with Crippen molar-refractivity contribution in [2.75, 3.05) is 5.75 Å². The fourth-order valence-corrected chi connectivity index (χ4v) is 3.78. The molecule has 0 spiro atoms. The van der Waals surface area contributed by atoms with Gasteiger partial charge in [-0.3, -0.25) is 0 Å². The van der Waals surface area contributed by atoms with E-state index in [0.29, 0.717) is 6.42 Å². The number of hydrogen-bond acceptors (Lipinski definition) is 3. The lowest BCUT2D eigenvalue weighted by Crippen LogP contribution is -2.13. The molecule has 0 saturated heterocycles. The third-order valence-corrected chi connectivity index (χ3v) is 5.21. The third-order valence-electron chi connectivity index (χ3n) is 3.35. The van der Waals surface area contributed by atoms with Crippen LogP contribution in [-0.2, 0) is 16.3 Å². The van der Waals surface area contributed by atoms with E-state index >= 15 is 0 Å². The first-order valence-corrected chi connectivity index (χ1v) is 8.16. The lowest BCUT2D eigenvalue weighted by Gasteiger charge is -2.10. The number of aromatic carboxylic acids is 1. The molecule has 2 aromatic rings. The van der Waals surface area contributed by atoms with Crippen molar-refractivity contribution in [3.05, 3.63) is 65.2 Å². The summed E-state index contributed by atoms with van der Waals surface area (Å²) in [7, 11) is -3.51. The lowest BCUT2D eigenvalue weighted by molar-refractivity contribution is 0.0696. The predicted molar refractivity (Wildman–Crippen MR) is 80.3 cm³/mol. The quantitative estimate of drug-likeness (QED) is 0.922. The average Bonchev–Trinajstić information content (AvgIpc) is 2.46. The first kappa shape index (κ1) is 15.3. The van der Waals surface area contributed by atoms with Crippen LogP contribution in [0.2, 0.25) is 0 Å². The number of carbonyl (C=O) groups is 1. The number of carboxylic acid groups (broad SMARTS) is 1. The summed E-state index contributed by atoms with van der Waals surface area (Å²) in [6, 6.07) is 13.7. The largest absolute Gasteiger partial charge is 0.478 e. The Morgan fingerprint density at radius 2 is 1.71 bits per heavy atom. The van der Waals surface area contributed by atoms with Gasteiger partial charge in [0, 0.05) is 0 Å². The summed E-state index contributed by atoms with van der Waals surface area (Å²) in [6.45, 7) is 1.53. The molecule has 2 aromatic carbocycles. The Bertz CT molecular complexity index is 749. The number of sulfone groups is 1. The van der Waals surface area contributed by atoms with Crippen LogP contribution in [0.5, 0.6) is 0 Å². The molecule has 0 unspecified atom stereocenters. The molecule has 0 aliphatic rings. The Hall–Kier alpha value is -2.14. The van der Waals surface area contributed by atoms with Crippen LogP contribution in [0, 0.1) is 6.92 Å². The minimum Gasteiger partial charge on any atom is -0.478 e. The van der Waals surface area contributed by atoms with Gasteiger partial charge in [0.25, 0.3) is 0 Å². The fourth-order valence-electron chi connectivity index (χ4n) is 2.19. The minimum absolute atomic E-state index is 0.0239. The summed E-state index contributed by atoms with van der Waals surface area (Å²) in [6.07, 6.45) is 0.403. The normalized spacial score (nSPS) is 11.3. The van der Waals surface area contributed by atoms with Crippen LogP contribution in [0.3, 0.4) is 0 Å². The summed E-state index contributed by atoms with van der Waals surface area (Å²) in [4.78, 5) is 11.2. The monoisotopic (exact) mass is 304 g/mol. The second kappa shape index (κ2) is 6.10. The molecule has 21 heavy (non-hydrogen) atoms. The van der Waals surface area contributed by atoms with Gasteiger partial charge in [0.15, 0.2) is 9.84 Å². The van der Waals surface area contributed by atoms with Crippen molar-refractivity contribution < 1.29 is 18.3 Å². The van der Waals surface area contributed by atoms with Gasteiger partial charge >= 0.3 is 5.97 Å². The highest BCUT2D eigenvalue weighted by atomic mass is 32.2. The SMILES string of the molecule is Cc1c(C(=O)O)cccc1S(=O)(=O)CCc1ccccc1. The van der Waals surface area contributed by atoms with Gasteiger partial charge < -0.3 is 5.11 Å². The van der Waals surface area contributed by atoms with Crippen molar-refractivity contribution in [2.45, 2.75) is 18.2 Å². The maximum Gasteiger partial charge on any atom is 0.335 e. The van der Waals surface area contributed by atoms with Crippen LogP contribution in [0.1, 0.15) is 21.5 Å². The van der Waals surface area contributed by atoms with Crippen molar-refractivity contribution in [3.8, 4) is 0 Å². The molecule has 1 N–H and O–H groups in total. The van der Waals surface area contributed by atoms with Crippen LogP contribution in [-0.4, -0.2) is 25.2 Å². The molecule has 0 aliphatic heterocycles. The maximum atomic E-state index is 12.4. The highest BCUT2D eigenvalue weighted by molar-refractivity contribution is 7.91. The van der Waals surface area contributed by atoms with Gasteiger partial charge in [-0.15, -0.1) is 0 Å². The molecule has 5 heteroatoms. The van der Waals surface area contributed by atoms with Crippen molar-refractivity contribution in [2.24, 2.45) is 0 Å². The zero-order valence-corrected chi connectivity index (χ0v) is 12.4. The number of rotatable bonds is 5. The average molecular weight is 304 g/mol. The number of benzene rings is 2. The highest BCUT2D eigenvalue weighted by Crippen LogP contribution is 2.21. The second-order valence-corrected chi connectivity index (χ2v) is 6.87. The Morgan fingerprint density at radius 1 is 1.05 bits per heavy atom. The zero-order chi connectivity index (χ0) is 15.5. The smallest absolute Gasteiger partial charge is 0.335 e. The second-order valence-electron chi connectivity index (χ2n) is 4.79. The van der Waals surface area contributed by atoms with Gasteiger partial charge in [-0.25, -0.2) is 13.2 Å². The summed E-state index contributed by atoms with van der Waals surface area (Å²) < 4.78 is 24.8. The number of carboxylic acids is 1. The Labute approximate surface area is 124 Å². The molecule has 0 radical (unpaired) electrons. The Kier molecular flexibility index (Phi) is 4.43. The zero-order valence-electron chi connectivity index (χ0n) is 11.6. The van der Waals surface area contributed by atoms with Crippen LogP contribution >= 0.6 is 0 Å². The van der Waals surface area contributed by atoms with Gasteiger partial charge in [0.2, 0.25) is 0 Å². The first-order valence-electron chi connectivity index (χ1n) is 6.51. The Balaban J connectivity index is 2.28. The Morgan fingerprint density at radius 3 is 2.33 bits per heavy atom. The summed E-state index contributed by atoms with van der Waals surface area (Å²) >= 11 is 0. The van der Waals surface area contributed by atoms with Gasteiger partial charge in [0.1, 0.15) is 0 Å². The summed E-state index contributed by atoms with van der Waals surface area (Å²) in [5.41, 5.74) is 1.25. The maximum absolute atomic E-state index is 12.4. The minimum atomic E-state index is -3.51. The standard InChI is InChI=1S/C16H16O4S/c1-12-14(16(17)18)8-5-9-15(12)21(19,20)11-10-13-6-3-2-4-7-13/h2-9H,10-11H2,1H3,(H,17,18). The van der Waals surface area contributed by atoms with E-state index in [1.165, 1.54) is 25.1 Å². The van der Waals surface area contributed by atoms with E-state index < -0.39 is 15.8 Å². The van der Waals surface area contributed by atoms with E-state index in [-0.39, 0.29) is 21.8 Å². The summed E-state index contributed by atoms with van der Waals surface area (Å²) in [5.74, 6) is -1.16. The fraction of sp³-hybridized carbons (Fsp3) is 0.188. The van der Waals surface area contributed by atoms with Crippen LogP contribution < -0.4 is 0 Å². The molecule has 0 fully saturated rings. The molecular weight excluding hydrogens is 288 g/mol. The van der Waals surface area contributed by atoms with E-state index in [4.69, 9.17) is 5.11 Å². The van der Waals surface area contributed by atoms with E-state index in [9.17, 15) is 13.2 Å². The summed E-state index contributed by atoms with van der Waals surface area (Å²) in [5, 5.41) is 9.07. The highest BCUT2D eigenvalue weighted by Gasteiger charge is 2.20. The molecule has 4 nitrogen and oxygen atoms in total. The molecule has 0 heterocycles. The molecule has 0 atom stereocenters. The number of aryl methyl sites for hydroxylation is 1. The molecular formula is C16H16O4S. The molecule has 0 aliphatic carbocycles. The predicted octanol–water partition coefficient (Wildman–Crippen LogP) is 2.71. The van der Waals surface area contributed by atoms with Crippen molar-refractivity contribution in [1.82, 2.24) is 0 Å². The van der Waals surface area contributed by atoms with Crippen molar-refractivity contribution in [3.63, 3.8) is 0 Å². The van der Waals surface area contributed by atoms with E-state index in [1.54, 1.807) is 0 Å². The molecule has 0 saturated carbocycles. The van der Waals surface area contributed by atoms with E-state index in [0.717, 1.165) is 5.56 Å². The van der Waals surface area contributed by atoms with Crippen molar-refractivity contribution >= 4 is 15.8 Å². The van der Waals surface area contributed by atoms with Gasteiger partial charge in [-0.1, -0.05) is 36.4 Å². The molecule has 2 rings (SSSR count). The topological polar surface area (TPSA) is 71.4 Å². The molecule has 0 aromatic heterocycles. The van der Waals surface area contributed by atoms with Crippen LogP contribution in [0.25, 0.3) is 0 Å².